The van der Waals surface area contributed by atoms with Gasteiger partial charge in [-0.3, -0.25) is 4.79 Å². The van der Waals surface area contributed by atoms with E-state index >= 15 is 0 Å². The lowest BCUT2D eigenvalue weighted by Crippen LogP contribution is -1.97. The Hall–Kier alpha value is -1.37. The smallest absolute Gasteiger partial charge is 0.132 e. The average molecular weight is 471 g/mol. The van der Waals surface area contributed by atoms with Gasteiger partial charge in [0.1, 0.15) is 5.78 Å². The van der Waals surface area contributed by atoms with Gasteiger partial charge in [-0.25, -0.2) is 0 Å². The first kappa shape index (κ1) is 32.6. The first-order chi connectivity index (χ1) is 16.8. The van der Waals surface area contributed by atoms with Crippen LogP contribution in [-0.2, 0) is 4.79 Å². The lowest BCUT2D eigenvalue weighted by atomic mass is 10.0. The fraction of sp³-hybridized carbons (Fsp3) is 0.727. The Labute approximate surface area is 214 Å². The number of unbranched alkanes of at least 4 members (excludes halogenated alkanes) is 16. The summed E-state index contributed by atoms with van der Waals surface area (Å²) in [7, 11) is 0. The Morgan fingerprint density at radius 3 is 1.41 bits per heavy atom. The highest BCUT2D eigenvalue weighted by atomic mass is 16.1. The predicted octanol–water partition coefficient (Wildman–Crippen LogP) is 11.4. The van der Waals surface area contributed by atoms with E-state index in [1.807, 2.05) is 6.08 Å². The van der Waals surface area contributed by atoms with E-state index < -0.39 is 0 Å². The van der Waals surface area contributed by atoms with Gasteiger partial charge in [0.15, 0.2) is 0 Å². The van der Waals surface area contributed by atoms with Gasteiger partial charge in [0.2, 0.25) is 0 Å². The third kappa shape index (κ3) is 28.7. The molecule has 0 bridgehead atoms. The highest BCUT2D eigenvalue weighted by Crippen LogP contribution is 2.13. The third-order valence-electron chi connectivity index (χ3n) is 6.44. The Balaban J connectivity index is 3.27. The monoisotopic (exact) mass is 470 g/mol. The summed E-state index contributed by atoms with van der Waals surface area (Å²) >= 11 is 0. The molecule has 0 amide bonds. The number of carbonyl (C=O) groups is 1. The zero-order valence-corrected chi connectivity index (χ0v) is 22.9. The molecule has 1 nitrogen and oxygen atoms in total. The summed E-state index contributed by atoms with van der Waals surface area (Å²) in [6, 6.07) is 0. The average Bonchev–Trinajstić information content (AvgIpc) is 2.84. The van der Waals surface area contributed by atoms with Crippen molar-refractivity contribution in [1.29, 1.82) is 0 Å². The number of allylic oxidation sites excluding steroid dienone is 7. The minimum absolute atomic E-state index is 0.495. The summed E-state index contributed by atoms with van der Waals surface area (Å²) in [5, 5.41) is 0. The molecule has 0 atom stereocenters. The summed E-state index contributed by atoms with van der Waals surface area (Å²) in [6.45, 7) is 6.00. The van der Waals surface area contributed by atoms with Crippen LogP contribution in [0.2, 0.25) is 0 Å². The van der Waals surface area contributed by atoms with Crippen LogP contribution < -0.4 is 0 Å². The molecule has 0 saturated heterocycles. The van der Waals surface area contributed by atoms with E-state index in [2.05, 4.69) is 50.0 Å². The predicted molar refractivity (Wildman–Crippen MR) is 154 cm³/mol. The molecule has 0 unspecified atom stereocenters. The van der Waals surface area contributed by atoms with Gasteiger partial charge in [-0.15, -0.1) is 6.58 Å². The van der Waals surface area contributed by atoms with Crippen LogP contribution in [-0.4, -0.2) is 5.78 Å². The van der Waals surface area contributed by atoms with Crippen LogP contribution in [0.25, 0.3) is 0 Å². The topological polar surface area (TPSA) is 17.1 Å². The third-order valence-corrected chi connectivity index (χ3v) is 6.44. The second kappa shape index (κ2) is 29.7. The molecule has 0 aliphatic carbocycles. The van der Waals surface area contributed by atoms with Crippen LogP contribution in [0.15, 0.2) is 49.1 Å². The highest BCUT2D eigenvalue weighted by molar-refractivity contribution is 5.78. The van der Waals surface area contributed by atoms with Crippen LogP contribution in [0.5, 0.6) is 0 Å². The Morgan fingerprint density at radius 1 is 0.500 bits per heavy atom. The molecule has 0 aromatic heterocycles. The van der Waals surface area contributed by atoms with Crippen LogP contribution in [0.4, 0.5) is 0 Å². The summed E-state index contributed by atoms with van der Waals surface area (Å²) in [5.74, 6) is 0.495. The van der Waals surface area contributed by atoms with E-state index in [-0.39, 0.29) is 0 Å². The second-order valence-corrected chi connectivity index (χ2v) is 9.87. The summed E-state index contributed by atoms with van der Waals surface area (Å²) in [6.07, 6.45) is 43.6. The van der Waals surface area contributed by atoms with Crippen molar-refractivity contribution in [2.24, 2.45) is 0 Å². The summed E-state index contributed by atoms with van der Waals surface area (Å²) < 4.78 is 0. The highest BCUT2D eigenvalue weighted by Gasteiger charge is 2.02. The van der Waals surface area contributed by atoms with Crippen molar-refractivity contribution in [3.63, 3.8) is 0 Å². The van der Waals surface area contributed by atoms with Gasteiger partial charge in [-0.2, -0.15) is 0 Å². The fourth-order valence-corrected chi connectivity index (χ4v) is 4.18. The molecule has 0 aromatic rings. The van der Waals surface area contributed by atoms with Crippen LogP contribution in [0, 0.1) is 0 Å². The molecular formula is C33H58O. The molecule has 0 heterocycles. The zero-order valence-electron chi connectivity index (χ0n) is 22.9. The van der Waals surface area contributed by atoms with Crippen molar-refractivity contribution in [3.8, 4) is 0 Å². The maximum Gasteiger partial charge on any atom is 0.132 e. The number of Topliss-reactive ketones (excluding diaryl/α,β-unsaturated/α-hetero) is 1. The van der Waals surface area contributed by atoms with E-state index in [4.69, 9.17) is 0 Å². The van der Waals surface area contributed by atoms with Crippen molar-refractivity contribution >= 4 is 5.78 Å². The number of rotatable bonds is 27. The van der Waals surface area contributed by atoms with E-state index in [1.54, 1.807) is 0 Å². The zero-order chi connectivity index (χ0) is 24.8. The van der Waals surface area contributed by atoms with E-state index in [0.717, 1.165) is 44.9 Å². The van der Waals surface area contributed by atoms with Gasteiger partial charge < -0.3 is 0 Å². The van der Waals surface area contributed by atoms with Crippen LogP contribution in [0.1, 0.15) is 155 Å². The van der Waals surface area contributed by atoms with Crippen molar-refractivity contribution < 1.29 is 4.79 Å². The number of hydrogen-bond acceptors (Lipinski definition) is 1. The molecule has 0 N–H and O–H groups in total. The minimum atomic E-state index is 0.495. The van der Waals surface area contributed by atoms with Gasteiger partial charge >= 0.3 is 0 Å². The Kier molecular flexibility index (Phi) is 28.5. The molecule has 34 heavy (non-hydrogen) atoms. The van der Waals surface area contributed by atoms with E-state index in [1.165, 1.54) is 103 Å². The number of carbonyl (C=O) groups excluding carboxylic acids is 1. The molecule has 0 aliphatic rings. The van der Waals surface area contributed by atoms with E-state index in [9.17, 15) is 4.79 Å². The quantitative estimate of drug-likeness (QED) is 0.0861. The van der Waals surface area contributed by atoms with Crippen molar-refractivity contribution in [1.82, 2.24) is 0 Å². The van der Waals surface area contributed by atoms with E-state index in [0.29, 0.717) is 5.78 Å². The lowest BCUT2D eigenvalue weighted by molar-refractivity contribution is -0.119. The lowest BCUT2D eigenvalue weighted by Gasteiger charge is -2.03. The van der Waals surface area contributed by atoms with Gasteiger partial charge in [-0.05, 0) is 70.6 Å². The molecule has 0 aromatic carbocycles. The van der Waals surface area contributed by atoms with Gasteiger partial charge in [0, 0.05) is 12.8 Å². The molecule has 196 valence electrons. The van der Waals surface area contributed by atoms with Crippen LogP contribution >= 0.6 is 0 Å². The fourth-order valence-electron chi connectivity index (χ4n) is 4.18. The molecule has 1 heteroatoms. The molecule has 0 aliphatic heterocycles. The van der Waals surface area contributed by atoms with Gasteiger partial charge in [0.05, 0.1) is 0 Å². The molecular weight excluding hydrogens is 412 g/mol. The maximum atomic E-state index is 12.0. The second-order valence-electron chi connectivity index (χ2n) is 9.87. The molecule has 0 radical (unpaired) electrons. The van der Waals surface area contributed by atoms with Crippen molar-refractivity contribution in [2.75, 3.05) is 0 Å². The SMILES string of the molecule is C=CCCC=CCCCCCCCCC(=O)CCCCCCCCC=CCC=CCCCCC. The normalized spacial score (nSPS) is 11.9. The molecule has 0 saturated carbocycles. The first-order valence-electron chi connectivity index (χ1n) is 14.9. The van der Waals surface area contributed by atoms with Crippen molar-refractivity contribution in [2.45, 2.75) is 155 Å². The summed E-state index contributed by atoms with van der Waals surface area (Å²) in [5.41, 5.74) is 0. The van der Waals surface area contributed by atoms with Crippen molar-refractivity contribution in [3.05, 3.63) is 49.1 Å². The standard InChI is InChI=1S/C33H58O/c1-3-5-7-9-11-13-15-17-18-19-20-22-24-26-28-30-32-33(34)31-29-27-25-23-21-16-14-12-10-8-6-4-2/h4,10-13,17-18H,2-3,5-9,14-16,19-32H2,1H3. The number of ketones is 1. The minimum Gasteiger partial charge on any atom is -0.300 e. The first-order valence-corrected chi connectivity index (χ1v) is 14.9. The Morgan fingerprint density at radius 2 is 0.912 bits per heavy atom. The molecule has 0 spiro atoms. The molecule has 0 rings (SSSR count). The van der Waals surface area contributed by atoms with Gasteiger partial charge in [-0.1, -0.05) is 114 Å². The summed E-state index contributed by atoms with van der Waals surface area (Å²) in [4.78, 5) is 12.0. The molecule has 0 fully saturated rings. The number of hydrogen-bond donors (Lipinski definition) is 0. The Bertz CT molecular complexity index is 511. The van der Waals surface area contributed by atoms with Gasteiger partial charge in [0.25, 0.3) is 0 Å². The largest absolute Gasteiger partial charge is 0.300 e. The maximum absolute atomic E-state index is 12.0. The van der Waals surface area contributed by atoms with Crippen LogP contribution in [0.3, 0.4) is 0 Å².